The van der Waals surface area contributed by atoms with Crippen molar-refractivity contribution >= 4 is 47.6 Å². The van der Waals surface area contributed by atoms with Gasteiger partial charge in [0.15, 0.2) is 0 Å². The van der Waals surface area contributed by atoms with E-state index >= 15 is 0 Å². The Labute approximate surface area is 104 Å². The summed E-state index contributed by atoms with van der Waals surface area (Å²) in [6, 6.07) is 2.65. The van der Waals surface area contributed by atoms with Crippen LogP contribution in [0.2, 0.25) is 0 Å². The molecule has 3 nitrogen and oxygen atoms in total. The van der Waals surface area contributed by atoms with Crippen LogP contribution < -0.4 is 4.72 Å². The maximum Gasteiger partial charge on any atom is 0.242 e. The van der Waals surface area contributed by atoms with Crippen molar-refractivity contribution in [2.45, 2.75) is 6.92 Å². The molecule has 1 aromatic carbocycles. The number of aryl methyl sites for hydroxylation is 1. The Balaban J connectivity index is 3.12. The van der Waals surface area contributed by atoms with E-state index in [9.17, 15) is 12.8 Å². The molecule has 1 rings (SSSR count). The fraction of sp³-hybridized carbons (Fsp3) is 0.250. The highest BCUT2D eigenvalue weighted by Crippen LogP contribution is 2.24. The van der Waals surface area contributed by atoms with Crippen LogP contribution in [-0.4, -0.2) is 13.1 Å². The van der Waals surface area contributed by atoms with Crippen LogP contribution in [0.5, 0.6) is 0 Å². The highest BCUT2D eigenvalue weighted by atomic mass is 79.9. The Kier molecular flexibility index (Phi) is 4.13. The molecule has 0 saturated carbocycles. The summed E-state index contributed by atoms with van der Waals surface area (Å²) < 4.78 is 37.9. The molecule has 0 aliphatic carbocycles. The monoisotopic (exact) mass is 359 g/mol. The Hall–Kier alpha value is -0.140. The molecule has 0 amide bonds. The lowest BCUT2D eigenvalue weighted by atomic mass is 10.2. The quantitative estimate of drug-likeness (QED) is 0.842. The molecule has 0 aliphatic rings. The van der Waals surface area contributed by atoms with Gasteiger partial charge < -0.3 is 0 Å². The summed E-state index contributed by atoms with van der Waals surface area (Å²) in [5.41, 5.74) is 0.892. The molecule has 15 heavy (non-hydrogen) atoms. The van der Waals surface area contributed by atoms with Crippen molar-refractivity contribution in [1.29, 1.82) is 0 Å². The number of hydrogen-bond donors (Lipinski definition) is 1. The van der Waals surface area contributed by atoms with Crippen molar-refractivity contribution in [3.05, 3.63) is 28.0 Å². The lowest BCUT2D eigenvalue weighted by Gasteiger charge is -2.09. The summed E-state index contributed by atoms with van der Waals surface area (Å²) in [5, 5.41) is 0. The zero-order valence-electron chi connectivity index (χ0n) is 7.72. The molecule has 7 heteroatoms. The summed E-state index contributed by atoms with van der Waals surface area (Å²) in [5.74, 6) is -0.507. The molecule has 0 unspecified atom stereocenters. The number of sulfonamides is 1. The van der Waals surface area contributed by atoms with Gasteiger partial charge in [0.05, 0.1) is 10.2 Å². The maximum absolute atomic E-state index is 13.1. The lowest BCUT2D eigenvalue weighted by Crippen LogP contribution is -2.14. The van der Waals surface area contributed by atoms with E-state index in [0.717, 1.165) is 6.07 Å². The smallest absolute Gasteiger partial charge is 0.242 e. The van der Waals surface area contributed by atoms with Gasteiger partial charge in [-0.1, -0.05) is 15.9 Å². The average Bonchev–Trinajstić information content (AvgIpc) is 2.14. The number of nitrogens with one attached hydrogen (secondary N) is 1. The van der Waals surface area contributed by atoms with Crippen molar-refractivity contribution in [1.82, 2.24) is 0 Å². The zero-order chi connectivity index (χ0) is 11.6. The Morgan fingerprint density at radius 2 is 2.07 bits per heavy atom. The third-order valence-corrected chi connectivity index (χ3v) is 4.91. The average molecular weight is 361 g/mol. The van der Waals surface area contributed by atoms with Crippen LogP contribution in [-0.2, 0) is 10.0 Å². The summed E-state index contributed by atoms with van der Waals surface area (Å²) in [4.78, 5) is 0. The van der Waals surface area contributed by atoms with Crippen molar-refractivity contribution in [2.75, 3.05) is 9.38 Å². The topological polar surface area (TPSA) is 46.2 Å². The van der Waals surface area contributed by atoms with E-state index in [-0.39, 0.29) is 10.3 Å². The number of anilines is 1. The Morgan fingerprint density at radius 3 is 2.60 bits per heavy atom. The van der Waals surface area contributed by atoms with Gasteiger partial charge in [0.1, 0.15) is 10.5 Å². The molecule has 0 spiro atoms. The van der Waals surface area contributed by atoms with Crippen LogP contribution in [0.15, 0.2) is 16.6 Å². The zero-order valence-corrected chi connectivity index (χ0v) is 11.7. The van der Waals surface area contributed by atoms with Crippen LogP contribution in [0.4, 0.5) is 10.1 Å². The fourth-order valence-corrected chi connectivity index (χ4v) is 2.36. The van der Waals surface area contributed by atoms with Gasteiger partial charge in [0.2, 0.25) is 10.0 Å². The molecule has 1 N–H and O–H groups in total. The predicted molar refractivity (Wildman–Crippen MR) is 65.2 cm³/mol. The van der Waals surface area contributed by atoms with E-state index in [1.807, 2.05) is 0 Å². The third-order valence-electron chi connectivity index (χ3n) is 1.68. The second kappa shape index (κ2) is 4.80. The minimum absolute atomic E-state index is 0.225. The highest BCUT2D eigenvalue weighted by Gasteiger charge is 2.11. The fourth-order valence-electron chi connectivity index (χ4n) is 0.951. The van der Waals surface area contributed by atoms with Crippen molar-refractivity contribution < 1.29 is 12.8 Å². The molecule has 1 aromatic rings. The molecule has 84 valence electrons. The van der Waals surface area contributed by atoms with Gasteiger partial charge in [-0.3, -0.25) is 4.72 Å². The number of hydrogen-bond acceptors (Lipinski definition) is 2. The summed E-state index contributed by atoms with van der Waals surface area (Å²) >= 11 is 5.85. The van der Waals surface area contributed by atoms with E-state index in [0.29, 0.717) is 10.0 Å². The van der Waals surface area contributed by atoms with Gasteiger partial charge in [0.25, 0.3) is 0 Å². The number of halogens is 3. The van der Waals surface area contributed by atoms with Crippen LogP contribution in [0.3, 0.4) is 0 Å². The molecular formula is C8H8Br2FNO2S. The number of alkyl halides is 1. The van der Waals surface area contributed by atoms with E-state index in [1.54, 1.807) is 6.92 Å². The van der Waals surface area contributed by atoms with E-state index < -0.39 is 15.8 Å². The normalized spacial score (nSPS) is 11.5. The van der Waals surface area contributed by atoms with E-state index in [1.165, 1.54) is 6.07 Å². The maximum atomic E-state index is 13.1. The van der Waals surface area contributed by atoms with Crippen molar-refractivity contribution in [3.8, 4) is 0 Å². The van der Waals surface area contributed by atoms with Crippen molar-refractivity contribution in [2.24, 2.45) is 0 Å². The standard InChI is InChI=1S/C8H8Br2FNO2S/c1-5-2-6(10)7(11)3-8(5)12-15(13,14)4-9/h2-3,12H,4H2,1H3. The molecular weight excluding hydrogens is 353 g/mol. The van der Waals surface area contributed by atoms with Gasteiger partial charge in [-0.15, -0.1) is 0 Å². The van der Waals surface area contributed by atoms with Gasteiger partial charge in [-0.05, 0) is 40.5 Å². The molecule has 0 bridgehead atoms. The van der Waals surface area contributed by atoms with E-state index in [4.69, 9.17) is 0 Å². The summed E-state index contributed by atoms with van der Waals surface area (Å²) in [6.07, 6.45) is 0. The minimum atomic E-state index is -3.44. The molecule has 0 aromatic heterocycles. The summed E-state index contributed by atoms with van der Waals surface area (Å²) in [7, 11) is -3.44. The molecule has 0 aliphatic heterocycles. The number of rotatable bonds is 3. The summed E-state index contributed by atoms with van der Waals surface area (Å²) in [6.45, 7) is 1.69. The van der Waals surface area contributed by atoms with Gasteiger partial charge in [-0.25, -0.2) is 12.8 Å². The van der Waals surface area contributed by atoms with Crippen LogP contribution in [0.1, 0.15) is 5.56 Å². The second-order valence-electron chi connectivity index (χ2n) is 2.91. The van der Waals surface area contributed by atoms with Crippen molar-refractivity contribution in [3.63, 3.8) is 0 Å². The highest BCUT2D eigenvalue weighted by molar-refractivity contribution is 9.11. The second-order valence-corrected chi connectivity index (χ2v) is 6.79. The van der Waals surface area contributed by atoms with E-state index in [2.05, 4.69) is 36.6 Å². The first-order valence-corrected chi connectivity index (χ1v) is 7.44. The Bertz CT molecular complexity index is 476. The first kappa shape index (κ1) is 12.9. The van der Waals surface area contributed by atoms with Gasteiger partial charge >= 0.3 is 0 Å². The molecule has 0 atom stereocenters. The third kappa shape index (κ3) is 3.42. The minimum Gasteiger partial charge on any atom is -0.282 e. The van der Waals surface area contributed by atoms with Gasteiger partial charge in [-0.2, -0.15) is 0 Å². The molecule has 0 radical (unpaired) electrons. The van der Waals surface area contributed by atoms with Crippen LogP contribution in [0, 0.1) is 12.7 Å². The first-order chi connectivity index (χ1) is 6.85. The number of benzene rings is 1. The first-order valence-electron chi connectivity index (χ1n) is 3.88. The van der Waals surface area contributed by atoms with Crippen LogP contribution >= 0.6 is 31.9 Å². The molecule has 0 heterocycles. The van der Waals surface area contributed by atoms with Gasteiger partial charge in [0, 0.05) is 0 Å². The molecule has 0 saturated heterocycles. The SMILES string of the molecule is Cc1cc(Br)c(F)cc1NS(=O)(=O)CBr. The molecule has 0 fully saturated rings. The predicted octanol–water partition coefficient (Wildman–Crippen LogP) is 2.99. The Morgan fingerprint density at radius 1 is 1.47 bits per heavy atom. The lowest BCUT2D eigenvalue weighted by molar-refractivity contribution is 0.605. The largest absolute Gasteiger partial charge is 0.282 e. The van der Waals surface area contributed by atoms with Crippen LogP contribution in [0.25, 0.3) is 0 Å².